The first-order valence-corrected chi connectivity index (χ1v) is 6.27. The van der Waals surface area contributed by atoms with Gasteiger partial charge in [-0.2, -0.15) is 0 Å². The molecule has 1 N–H and O–H groups in total. The van der Waals surface area contributed by atoms with E-state index in [0.29, 0.717) is 6.42 Å². The molecule has 0 unspecified atom stereocenters. The molecule has 4 heteroatoms. The van der Waals surface area contributed by atoms with Gasteiger partial charge < -0.3 is 14.6 Å². The molecule has 0 fully saturated rings. The SMILES string of the molecule is COc1ccc(/C=C/CCCCC(=O)O)c(OC)c1. The average molecular weight is 264 g/mol. The lowest BCUT2D eigenvalue weighted by molar-refractivity contribution is -0.137. The Morgan fingerprint density at radius 3 is 2.68 bits per heavy atom. The van der Waals surface area contributed by atoms with Gasteiger partial charge >= 0.3 is 5.97 Å². The Morgan fingerprint density at radius 2 is 2.05 bits per heavy atom. The quantitative estimate of drug-likeness (QED) is 0.731. The highest BCUT2D eigenvalue weighted by molar-refractivity contribution is 5.66. The van der Waals surface area contributed by atoms with Crippen LogP contribution in [-0.2, 0) is 4.79 Å². The lowest BCUT2D eigenvalue weighted by atomic mass is 10.1. The number of unbranched alkanes of at least 4 members (excludes halogenated alkanes) is 2. The molecule has 0 heterocycles. The molecule has 0 aliphatic rings. The van der Waals surface area contributed by atoms with E-state index < -0.39 is 5.97 Å². The molecule has 0 radical (unpaired) electrons. The topological polar surface area (TPSA) is 55.8 Å². The number of rotatable bonds is 8. The number of carbonyl (C=O) groups is 1. The summed E-state index contributed by atoms with van der Waals surface area (Å²) in [5.74, 6) is 0.789. The summed E-state index contributed by atoms with van der Waals surface area (Å²) in [5.41, 5.74) is 0.988. The van der Waals surface area contributed by atoms with Crippen LogP contribution >= 0.6 is 0 Å². The predicted molar refractivity (Wildman–Crippen MR) is 74.7 cm³/mol. The van der Waals surface area contributed by atoms with Gasteiger partial charge in [0.25, 0.3) is 0 Å². The highest BCUT2D eigenvalue weighted by Crippen LogP contribution is 2.25. The second kappa shape index (κ2) is 8.19. The van der Waals surface area contributed by atoms with Crippen LogP contribution in [0.1, 0.15) is 31.2 Å². The number of allylic oxidation sites excluding steroid dienone is 1. The highest BCUT2D eigenvalue weighted by Gasteiger charge is 2.01. The molecule has 1 aromatic carbocycles. The molecule has 0 bridgehead atoms. The molecule has 0 saturated heterocycles. The number of benzene rings is 1. The maximum atomic E-state index is 10.4. The minimum Gasteiger partial charge on any atom is -0.497 e. The Balaban J connectivity index is 2.49. The number of aliphatic carboxylic acids is 1. The van der Waals surface area contributed by atoms with Gasteiger partial charge in [0.05, 0.1) is 14.2 Å². The summed E-state index contributed by atoms with van der Waals surface area (Å²) in [6.45, 7) is 0. The summed E-state index contributed by atoms with van der Waals surface area (Å²) >= 11 is 0. The van der Waals surface area contributed by atoms with E-state index in [9.17, 15) is 4.79 Å². The molecule has 0 aromatic heterocycles. The van der Waals surface area contributed by atoms with Gasteiger partial charge in [0, 0.05) is 18.1 Å². The molecular formula is C15H20O4. The summed E-state index contributed by atoms with van der Waals surface area (Å²) in [6.07, 6.45) is 6.70. The molecular weight excluding hydrogens is 244 g/mol. The first-order chi connectivity index (χ1) is 9.17. The monoisotopic (exact) mass is 264 g/mol. The fourth-order valence-electron chi connectivity index (χ4n) is 1.70. The van der Waals surface area contributed by atoms with Crippen LogP contribution in [0.4, 0.5) is 0 Å². The summed E-state index contributed by atoms with van der Waals surface area (Å²) in [4.78, 5) is 10.4. The maximum Gasteiger partial charge on any atom is 0.303 e. The Labute approximate surface area is 113 Å². The normalized spacial score (nSPS) is 10.6. The van der Waals surface area contributed by atoms with Crippen LogP contribution in [0.3, 0.4) is 0 Å². The second-order valence-corrected chi connectivity index (χ2v) is 4.15. The van der Waals surface area contributed by atoms with Crippen LogP contribution < -0.4 is 9.47 Å². The van der Waals surface area contributed by atoms with Crippen LogP contribution in [-0.4, -0.2) is 25.3 Å². The molecule has 19 heavy (non-hydrogen) atoms. The summed E-state index contributed by atoms with van der Waals surface area (Å²) in [6, 6.07) is 5.65. The van der Waals surface area contributed by atoms with E-state index >= 15 is 0 Å². The molecule has 104 valence electrons. The Hall–Kier alpha value is -1.97. The fourth-order valence-corrected chi connectivity index (χ4v) is 1.70. The predicted octanol–water partition coefficient (Wildman–Crippen LogP) is 3.36. The number of hydrogen-bond donors (Lipinski definition) is 1. The third-order valence-corrected chi connectivity index (χ3v) is 2.75. The Bertz CT molecular complexity index is 438. The number of methoxy groups -OCH3 is 2. The molecule has 1 aromatic rings. The van der Waals surface area contributed by atoms with E-state index in [1.54, 1.807) is 14.2 Å². The van der Waals surface area contributed by atoms with E-state index in [-0.39, 0.29) is 6.42 Å². The van der Waals surface area contributed by atoms with Gasteiger partial charge in [-0.3, -0.25) is 4.79 Å². The van der Waals surface area contributed by atoms with Crippen molar-refractivity contribution in [2.24, 2.45) is 0 Å². The van der Waals surface area contributed by atoms with Crippen LogP contribution in [0.2, 0.25) is 0 Å². The highest BCUT2D eigenvalue weighted by atomic mass is 16.5. The molecule has 4 nitrogen and oxygen atoms in total. The van der Waals surface area contributed by atoms with Crippen molar-refractivity contribution >= 4 is 12.0 Å². The van der Waals surface area contributed by atoms with Crippen molar-refractivity contribution in [2.45, 2.75) is 25.7 Å². The van der Waals surface area contributed by atoms with E-state index in [2.05, 4.69) is 0 Å². The standard InChI is InChI=1S/C15H20O4/c1-18-13-10-9-12(14(11-13)19-2)7-5-3-4-6-8-15(16)17/h5,7,9-11H,3-4,6,8H2,1-2H3,(H,16,17)/b7-5+. The summed E-state index contributed by atoms with van der Waals surface area (Å²) in [7, 11) is 3.24. The van der Waals surface area contributed by atoms with Gasteiger partial charge in [-0.15, -0.1) is 0 Å². The van der Waals surface area contributed by atoms with Crippen LogP contribution in [0.15, 0.2) is 24.3 Å². The smallest absolute Gasteiger partial charge is 0.303 e. The molecule has 0 atom stereocenters. The van der Waals surface area contributed by atoms with Crippen LogP contribution in [0, 0.1) is 0 Å². The zero-order chi connectivity index (χ0) is 14.1. The summed E-state index contributed by atoms with van der Waals surface area (Å²) in [5, 5.41) is 8.52. The van der Waals surface area contributed by atoms with Crippen molar-refractivity contribution in [3.8, 4) is 11.5 Å². The van der Waals surface area contributed by atoms with Crippen molar-refractivity contribution in [3.05, 3.63) is 29.8 Å². The lowest BCUT2D eigenvalue weighted by Crippen LogP contribution is -1.93. The van der Waals surface area contributed by atoms with Crippen molar-refractivity contribution in [1.82, 2.24) is 0 Å². The third-order valence-electron chi connectivity index (χ3n) is 2.75. The zero-order valence-electron chi connectivity index (χ0n) is 11.4. The maximum absolute atomic E-state index is 10.4. The molecule has 0 aliphatic heterocycles. The first kappa shape index (κ1) is 15.1. The number of carboxylic acid groups (broad SMARTS) is 1. The van der Waals surface area contributed by atoms with E-state index in [1.807, 2.05) is 30.4 Å². The number of hydrogen-bond acceptors (Lipinski definition) is 3. The molecule has 0 amide bonds. The van der Waals surface area contributed by atoms with Crippen molar-refractivity contribution in [2.75, 3.05) is 14.2 Å². The third kappa shape index (κ3) is 5.46. The number of ether oxygens (including phenoxy) is 2. The Morgan fingerprint density at radius 1 is 1.26 bits per heavy atom. The minimum atomic E-state index is -0.735. The second-order valence-electron chi connectivity index (χ2n) is 4.15. The Kier molecular flexibility index (Phi) is 6.50. The van der Waals surface area contributed by atoms with E-state index in [4.69, 9.17) is 14.6 Å². The first-order valence-electron chi connectivity index (χ1n) is 6.27. The van der Waals surface area contributed by atoms with Gasteiger partial charge in [-0.1, -0.05) is 12.2 Å². The van der Waals surface area contributed by atoms with Crippen molar-refractivity contribution in [1.29, 1.82) is 0 Å². The van der Waals surface area contributed by atoms with Crippen LogP contribution in [0.25, 0.3) is 6.08 Å². The lowest BCUT2D eigenvalue weighted by Gasteiger charge is -2.07. The molecule has 0 saturated carbocycles. The number of carboxylic acids is 1. The van der Waals surface area contributed by atoms with Gasteiger partial charge in [0.2, 0.25) is 0 Å². The fraction of sp³-hybridized carbons (Fsp3) is 0.400. The van der Waals surface area contributed by atoms with Crippen molar-refractivity contribution < 1.29 is 19.4 Å². The summed E-state index contributed by atoms with van der Waals surface area (Å²) < 4.78 is 10.4. The largest absolute Gasteiger partial charge is 0.497 e. The minimum absolute atomic E-state index is 0.236. The van der Waals surface area contributed by atoms with Crippen molar-refractivity contribution in [3.63, 3.8) is 0 Å². The van der Waals surface area contributed by atoms with E-state index in [1.165, 1.54) is 0 Å². The van der Waals surface area contributed by atoms with Gasteiger partial charge in [-0.05, 0) is 31.4 Å². The van der Waals surface area contributed by atoms with Gasteiger partial charge in [0.15, 0.2) is 0 Å². The van der Waals surface area contributed by atoms with Gasteiger partial charge in [-0.25, -0.2) is 0 Å². The molecule has 0 aliphatic carbocycles. The zero-order valence-corrected chi connectivity index (χ0v) is 11.4. The molecule has 1 rings (SSSR count). The average Bonchev–Trinajstić information content (AvgIpc) is 2.42. The van der Waals surface area contributed by atoms with E-state index in [0.717, 1.165) is 29.9 Å². The van der Waals surface area contributed by atoms with Gasteiger partial charge in [0.1, 0.15) is 11.5 Å². The van der Waals surface area contributed by atoms with Crippen LogP contribution in [0.5, 0.6) is 11.5 Å². The molecule has 0 spiro atoms.